The summed E-state index contributed by atoms with van der Waals surface area (Å²) in [4.78, 5) is 0. The van der Waals surface area contributed by atoms with E-state index >= 15 is 0 Å². The summed E-state index contributed by atoms with van der Waals surface area (Å²) >= 11 is 0. The Kier molecular flexibility index (Phi) is 2.63. The van der Waals surface area contributed by atoms with E-state index in [1.165, 1.54) is 6.07 Å². The maximum atomic E-state index is 13.9. The molecule has 0 radical (unpaired) electrons. The van der Waals surface area contributed by atoms with Crippen LogP contribution >= 0.6 is 0 Å². The number of aryl methyl sites for hydroxylation is 1. The number of nitrogens with one attached hydrogen (secondary N) is 1. The fourth-order valence-corrected chi connectivity index (χ4v) is 2.35. The summed E-state index contributed by atoms with van der Waals surface area (Å²) < 4.78 is 15.9. The molecule has 0 amide bonds. The lowest BCUT2D eigenvalue weighted by atomic mass is 10.1. The minimum absolute atomic E-state index is 0.160. The van der Waals surface area contributed by atoms with Gasteiger partial charge >= 0.3 is 0 Å². The largest absolute Gasteiger partial charge is 0.308 e. The summed E-state index contributed by atoms with van der Waals surface area (Å²) in [6.45, 7) is 5.61. The summed E-state index contributed by atoms with van der Waals surface area (Å²) in [6.07, 6.45) is 0. The molecule has 2 heterocycles. The zero-order valence-corrected chi connectivity index (χ0v) is 10.4. The van der Waals surface area contributed by atoms with Gasteiger partial charge in [0.15, 0.2) is 5.82 Å². The van der Waals surface area contributed by atoms with Gasteiger partial charge in [-0.25, -0.2) is 4.39 Å². The van der Waals surface area contributed by atoms with Gasteiger partial charge in [-0.1, -0.05) is 11.6 Å². The van der Waals surface area contributed by atoms with Crippen molar-refractivity contribution < 1.29 is 4.39 Å². The molecule has 0 fully saturated rings. The number of aromatic nitrogens is 3. The number of hydrogen-bond acceptors (Lipinski definition) is 3. The zero-order chi connectivity index (χ0) is 12.7. The van der Waals surface area contributed by atoms with Gasteiger partial charge in [0.05, 0.1) is 11.6 Å². The molecule has 1 aliphatic rings. The van der Waals surface area contributed by atoms with Crippen molar-refractivity contribution in [2.75, 3.05) is 6.54 Å². The SMILES string of the molecule is Cc1ccc(F)c(-c2nnc3n2CCNC3C)c1. The van der Waals surface area contributed by atoms with Crippen LogP contribution < -0.4 is 5.32 Å². The van der Waals surface area contributed by atoms with Crippen molar-refractivity contribution in [1.29, 1.82) is 0 Å². The number of benzene rings is 1. The van der Waals surface area contributed by atoms with Crippen LogP contribution in [0.4, 0.5) is 4.39 Å². The Labute approximate surface area is 105 Å². The first-order chi connectivity index (χ1) is 8.66. The van der Waals surface area contributed by atoms with Crippen molar-refractivity contribution in [2.45, 2.75) is 26.4 Å². The van der Waals surface area contributed by atoms with Crippen molar-refractivity contribution in [3.63, 3.8) is 0 Å². The number of hydrogen-bond donors (Lipinski definition) is 1. The van der Waals surface area contributed by atoms with Crippen LogP contribution in [0.2, 0.25) is 0 Å². The van der Waals surface area contributed by atoms with Gasteiger partial charge in [-0.3, -0.25) is 0 Å². The Morgan fingerprint density at radius 1 is 1.39 bits per heavy atom. The van der Waals surface area contributed by atoms with Crippen molar-refractivity contribution in [2.24, 2.45) is 0 Å². The lowest BCUT2D eigenvalue weighted by Crippen LogP contribution is -2.32. The molecule has 1 atom stereocenters. The minimum Gasteiger partial charge on any atom is -0.308 e. The van der Waals surface area contributed by atoms with Crippen molar-refractivity contribution in [3.8, 4) is 11.4 Å². The minimum atomic E-state index is -0.248. The van der Waals surface area contributed by atoms with E-state index in [1.54, 1.807) is 6.07 Å². The highest BCUT2D eigenvalue weighted by Gasteiger charge is 2.23. The Hall–Kier alpha value is -1.75. The van der Waals surface area contributed by atoms with Crippen molar-refractivity contribution >= 4 is 0 Å². The van der Waals surface area contributed by atoms with E-state index in [4.69, 9.17) is 0 Å². The van der Waals surface area contributed by atoms with E-state index < -0.39 is 0 Å². The van der Waals surface area contributed by atoms with Crippen LogP contribution in [-0.4, -0.2) is 21.3 Å². The summed E-state index contributed by atoms with van der Waals surface area (Å²) in [7, 11) is 0. The van der Waals surface area contributed by atoms with E-state index in [0.29, 0.717) is 11.4 Å². The average molecular weight is 246 g/mol. The third-order valence-electron chi connectivity index (χ3n) is 3.32. The Morgan fingerprint density at radius 2 is 2.22 bits per heavy atom. The van der Waals surface area contributed by atoms with E-state index in [1.807, 2.05) is 24.5 Å². The predicted molar refractivity (Wildman–Crippen MR) is 66.6 cm³/mol. The summed E-state index contributed by atoms with van der Waals surface area (Å²) in [5, 5.41) is 11.6. The Bertz CT molecular complexity index is 591. The molecule has 0 saturated carbocycles. The maximum Gasteiger partial charge on any atom is 0.167 e. The molecule has 1 aromatic heterocycles. The normalized spacial score (nSPS) is 18.7. The molecular formula is C13H15FN4. The van der Waals surface area contributed by atoms with E-state index in [9.17, 15) is 4.39 Å². The number of nitrogens with zero attached hydrogens (tertiary/aromatic N) is 3. The molecular weight excluding hydrogens is 231 g/mol. The highest BCUT2D eigenvalue weighted by molar-refractivity contribution is 5.57. The quantitative estimate of drug-likeness (QED) is 0.837. The standard InChI is InChI=1S/C13H15FN4/c1-8-3-4-11(14)10(7-8)13-17-16-12-9(2)15-5-6-18(12)13/h3-4,7,9,15H,5-6H2,1-2H3. The van der Waals surface area contributed by atoms with Gasteiger partial charge in [0.25, 0.3) is 0 Å². The summed E-state index contributed by atoms with van der Waals surface area (Å²) in [6, 6.07) is 5.22. The molecule has 2 aromatic rings. The fraction of sp³-hybridized carbons (Fsp3) is 0.385. The number of rotatable bonds is 1. The number of halogens is 1. The first-order valence-corrected chi connectivity index (χ1v) is 6.10. The topological polar surface area (TPSA) is 42.7 Å². The molecule has 18 heavy (non-hydrogen) atoms. The molecule has 1 unspecified atom stereocenters. The molecule has 1 N–H and O–H groups in total. The smallest absolute Gasteiger partial charge is 0.167 e. The van der Waals surface area contributed by atoms with Crippen LogP contribution in [0.3, 0.4) is 0 Å². The highest BCUT2D eigenvalue weighted by atomic mass is 19.1. The van der Waals surface area contributed by atoms with Crippen LogP contribution in [0, 0.1) is 12.7 Å². The summed E-state index contributed by atoms with van der Waals surface area (Å²) in [5.74, 6) is 1.25. The molecule has 0 spiro atoms. The van der Waals surface area contributed by atoms with Crippen molar-refractivity contribution in [3.05, 3.63) is 35.4 Å². The van der Waals surface area contributed by atoms with Gasteiger partial charge in [-0.2, -0.15) is 0 Å². The molecule has 1 aliphatic heterocycles. The molecule has 3 rings (SSSR count). The maximum absolute atomic E-state index is 13.9. The zero-order valence-electron chi connectivity index (χ0n) is 10.4. The van der Waals surface area contributed by atoms with Gasteiger partial charge < -0.3 is 9.88 Å². The van der Waals surface area contributed by atoms with Gasteiger partial charge in [0, 0.05) is 13.1 Å². The van der Waals surface area contributed by atoms with E-state index in [0.717, 1.165) is 24.5 Å². The Morgan fingerprint density at radius 3 is 3.06 bits per heavy atom. The molecule has 0 aliphatic carbocycles. The summed E-state index contributed by atoms with van der Waals surface area (Å²) in [5.41, 5.74) is 1.55. The second-order valence-corrected chi connectivity index (χ2v) is 4.69. The fourth-order valence-electron chi connectivity index (χ4n) is 2.35. The van der Waals surface area contributed by atoms with Crippen LogP contribution in [0.1, 0.15) is 24.4 Å². The van der Waals surface area contributed by atoms with Gasteiger partial charge in [0.2, 0.25) is 0 Å². The van der Waals surface area contributed by atoms with Gasteiger partial charge in [0.1, 0.15) is 11.6 Å². The Balaban J connectivity index is 2.15. The molecule has 94 valence electrons. The predicted octanol–water partition coefficient (Wildman–Crippen LogP) is 2.06. The monoisotopic (exact) mass is 246 g/mol. The molecule has 4 nitrogen and oxygen atoms in total. The van der Waals surface area contributed by atoms with Gasteiger partial charge in [-0.05, 0) is 26.0 Å². The van der Waals surface area contributed by atoms with Crippen LogP contribution in [-0.2, 0) is 6.54 Å². The van der Waals surface area contributed by atoms with Crippen LogP contribution in [0.5, 0.6) is 0 Å². The number of fused-ring (bicyclic) bond motifs is 1. The molecule has 1 aromatic carbocycles. The van der Waals surface area contributed by atoms with Crippen molar-refractivity contribution in [1.82, 2.24) is 20.1 Å². The highest BCUT2D eigenvalue weighted by Crippen LogP contribution is 2.26. The first-order valence-electron chi connectivity index (χ1n) is 6.10. The second-order valence-electron chi connectivity index (χ2n) is 4.69. The third-order valence-corrected chi connectivity index (χ3v) is 3.32. The molecule has 0 saturated heterocycles. The molecule has 5 heteroatoms. The second kappa shape index (κ2) is 4.17. The molecule has 0 bridgehead atoms. The van der Waals surface area contributed by atoms with E-state index in [2.05, 4.69) is 15.5 Å². The lowest BCUT2D eigenvalue weighted by Gasteiger charge is -2.22. The third kappa shape index (κ3) is 1.71. The van der Waals surface area contributed by atoms with Gasteiger partial charge in [-0.15, -0.1) is 10.2 Å². The van der Waals surface area contributed by atoms with Crippen LogP contribution in [0.15, 0.2) is 18.2 Å². The lowest BCUT2D eigenvalue weighted by molar-refractivity contribution is 0.438. The first kappa shape index (κ1) is 11.3. The van der Waals surface area contributed by atoms with Crippen LogP contribution in [0.25, 0.3) is 11.4 Å². The van der Waals surface area contributed by atoms with E-state index in [-0.39, 0.29) is 11.9 Å². The average Bonchev–Trinajstić information content (AvgIpc) is 2.77.